The van der Waals surface area contributed by atoms with E-state index in [9.17, 15) is 10.0 Å². The highest BCUT2D eigenvalue weighted by Gasteiger charge is 2.11. The van der Waals surface area contributed by atoms with Crippen molar-refractivity contribution in [2.24, 2.45) is 5.73 Å². The lowest BCUT2D eigenvalue weighted by Gasteiger charge is -2.16. The van der Waals surface area contributed by atoms with E-state index in [0.29, 0.717) is 5.06 Å². The van der Waals surface area contributed by atoms with Gasteiger partial charge in [0.1, 0.15) is 0 Å². The first-order chi connectivity index (χ1) is 12.0. The topological polar surface area (TPSA) is 66.6 Å². The summed E-state index contributed by atoms with van der Waals surface area (Å²) in [4.78, 5) is 13.3. The van der Waals surface area contributed by atoms with Crippen LogP contribution in [-0.2, 0) is 6.42 Å². The van der Waals surface area contributed by atoms with E-state index in [4.69, 9.17) is 5.73 Å². The molecule has 128 valence electrons. The molecule has 3 N–H and O–H groups in total. The summed E-state index contributed by atoms with van der Waals surface area (Å²) >= 11 is 1.69. The maximum absolute atomic E-state index is 10.9. The maximum Gasteiger partial charge on any atom is 0.339 e. The number of thiophene rings is 1. The van der Waals surface area contributed by atoms with Crippen molar-refractivity contribution in [2.45, 2.75) is 19.4 Å². The van der Waals surface area contributed by atoms with E-state index in [1.54, 1.807) is 24.3 Å². The molecule has 0 saturated carbocycles. The van der Waals surface area contributed by atoms with Crippen LogP contribution in [0.5, 0.6) is 0 Å². The zero-order valence-electron chi connectivity index (χ0n) is 13.9. The molecule has 3 rings (SSSR count). The Morgan fingerprint density at radius 3 is 2.72 bits per heavy atom. The number of nitrogens with two attached hydrogens (primary N) is 1. The summed E-state index contributed by atoms with van der Waals surface area (Å²) in [5.41, 5.74) is 6.32. The zero-order valence-corrected chi connectivity index (χ0v) is 14.7. The molecular formula is C20H20N2O2S. The second-order valence-electron chi connectivity index (χ2n) is 5.94. The molecule has 0 unspecified atom stereocenters. The van der Waals surface area contributed by atoms with Crippen molar-refractivity contribution < 1.29 is 10.0 Å². The van der Waals surface area contributed by atoms with Crippen molar-refractivity contribution in [1.82, 2.24) is 5.06 Å². The van der Waals surface area contributed by atoms with Gasteiger partial charge in [-0.3, -0.25) is 5.21 Å². The zero-order chi connectivity index (χ0) is 17.8. The summed E-state index contributed by atoms with van der Waals surface area (Å²) in [5, 5.41) is 12.5. The van der Waals surface area contributed by atoms with E-state index < -0.39 is 12.1 Å². The van der Waals surface area contributed by atoms with Crippen molar-refractivity contribution in [3.8, 4) is 0 Å². The standard InChI is InChI=1S/C20H20N2O2S/c1-14(22(24)20(21)23)6-9-18-10-11-19(25-18)13-15-7-8-16-4-2-3-5-17(16)12-15/h2-12,14,24H,13H2,1H3,(H2,21,23)/b9-6-/t14-/m1/s1. The highest BCUT2D eigenvalue weighted by atomic mass is 32.1. The Hall–Kier alpha value is -2.63. The third-order valence-corrected chi connectivity index (χ3v) is 5.08. The Morgan fingerprint density at radius 1 is 1.20 bits per heavy atom. The number of carbonyl (C=O) groups is 1. The van der Waals surface area contributed by atoms with Gasteiger partial charge in [0, 0.05) is 16.2 Å². The maximum atomic E-state index is 10.9. The number of hydrogen-bond acceptors (Lipinski definition) is 3. The first kappa shape index (κ1) is 17.2. The van der Waals surface area contributed by atoms with Crippen LogP contribution in [0.15, 0.2) is 60.7 Å². The minimum absolute atomic E-state index is 0.469. The molecule has 0 saturated heterocycles. The number of nitrogens with zero attached hydrogens (tertiary/aromatic N) is 1. The van der Waals surface area contributed by atoms with Crippen LogP contribution < -0.4 is 5.73 Å². The molecule has 0 aliphatic carbocycles. The Morgan fingerprint density at radius 2 is 1.96 bits per heavy atom. The molecule has 0 aliphatic rings. The lowest BCUT2D eigenvalue weighted by molar-refractivity contribution is -0.0560. The van der Waals surface area contributed by atoms with Gasteiger partial charge in [-0.25, -0.2) is 4.79 Å². The van der Waals surface area contributed by atoms with Crippen LogP contribution >= 0.6 is 11.3 Å². The summed E-state index contributed by atoms with van der Waals surface area (Å²) in [6, 6.07) is 17.7. The lowest BCUT2D eigenvalue weighted by Crippen LogP contribution is -2.38. The smallest absolute Gasteiger partial charge is 0.339 e. The highest BCUT2D eigenvalue weighted by molar-refractivity contribution is 7.12. The number of urea groups is 1. The van der Waals surface area contributed by atoms with E-state index in [1.807, 2.05) is 18.2 Å². The third kappa shape index (κ3) is 4.26. The van der Waals surface area contributed by atoms with Gasteiger partial charge < -0.3 is 5.73 Å². The van der Waals surface area contributed by atoms with E-state index in [-0.39, 0.29) is 0 Å². The Kier molecular flexibility index (Phi) is 5.16. The lowest BCUT2D eigenvalue weighted by atomic mass is 10.0. The van der Waals surface area contributed by atoms with E-state index in [2.05, 4.69) is 42.5 Å². The van der Waals surface area contributed by atoms with Crippen molar-refractivity contribution in [3.63, 3.8) is 0 Å². The molecule has 25 heavy (non-hydrogen) atoms. The van der Waals surface area contributed by atoms with Crippen LogP contribution in [0, 0.1) is 0 Å². The number of primary amides is 1. The second kappa shape index (κ2) is 7.51. The molecule has 5 heteroatoms. The fourth-order valence-corrected chi connectivity index (χ4v) is 3.61. The molecule has 0 bridgehead atoms. The number of amides is 2. The molecule has 0 spiro atoms. The average molecular weight is 352 g/mol. The molecule has 1 aromatic heterocycles. The van der Waals surface area contributed by atoms with Crippen molar-refractivity contribution in [1.29, 1.82) is 0 Å². The van der Waals surface area contributed by atoms with Gasteiger partial charge in [-0.05, 0) is 41.5 Å². The number of hydroxylamine groups is 2. The fourth-order valence-electron chi connectivity index (χ4n) is 2.65. The Labute approximate surface area is 150 Å². The van der Waals surface area contributed by atoms with Crippen molar-refractivity contribution >= 4 is 34.2 Å². The fraction of sp³-hybridized carbons (Fsp3) is 0.150. The van der Waals surface area contributed by atoms with Crippen LogP contribution in [0.1, 0.15) is 22.2 Å². The second-order valence-corrected chi connectivity index (χ2v) is 7.14. The summed E-state index contributed by atoms with van der Waals surface area (Å²) in [7, 11) is 0. The minimum atomic E-state index is -0.861. The van der Waals surface area contributed by atoms with Gasteiger partial charge >= 0.3 is 6.03 Å². The predicted octanol–water partition coefficient (Wildman–Crippen LogP) is 4.66. The normalized spacial score (nSPS) is 12.6. The summed E-state index contributed by atoms with van der Waals surface area (Å²) in [6.45, 7) is 1.70. The van der Waals surface area contributed by atoms with Crippen LogP contribution in [-0.4, -0.2) is 22.3 Å². The molecule has 0 radical (unpaired) electrons. The van der Waals surface area contributed by atoms with Gasteiger partial charge in [0.25, 0.3) is 0 Å². The van der Waals surface area contributed by atoms with Crippen molar-refractivity contribution in [2.75, 3.05) is 0 Å². The van der Waals surface area contributed by atoms with Gasteiger partial charge in [0.2, 0.25) is 0 Å². The summed E-state index contributed by atoms with van der Waals surface area (Å²) < 4.78 is 0. The van der Waals surface area contributed by atoms with E-state index in [0.717, 1.165) is 11.3 Å². The molecule has 1 atom stereocenters. The molecule has 2 amide bonds. The summed E-state index contributed by atoms with van der Waals surface area (Å²) in [5.74, 6) is 0. The molecule has 0 fully saturated rings. The van der Waals surface area contributed by atoms with Gasteiger partial charge in [-0.1, -0.05) is 48.5 Å². The van der Waals surface area contributed by atoms with Gasteiger partial charge in [-0.2, -0.15) is 5.06 Å². The quantitative estimate of drug-likeness (QED) is 0.518. The number of benzene rings is 2. The Balaban J connectivity index is 1.69. The number of hydrogen-bond donors (Lipinski definition) is 2. The predicted molar refractivity (Wildman–Crippen MR) is 103 cm³/mol. The summed E-state index contributed by atoms with van der Waals surface area (Å²) in [6.07, 6.45) is 4.52. The number of rotatable bonds is 5. The van der Waals surface area contributed by atoms with Gasteiger partial charge in [0.05, 0.1) is 6.04 Å². The Bertz CT molecular complexity index is 917. The molecule has 1 heterocycles. The van der Waals surface area contributed by atoms with Gasteiger partial charge in [-0.15, -0.1) is 11.3 Å². The molecule has 3 aromatic rings. The molecular weight excluding hydrogens is 332 g/mol. The van der Waals surface area contributed by atoms with Crippen molar-refractivity contribution in [3.05, 3.63) is 76.0 Å². The largest absolute Gasteiger partial charge is 0.350 e. The number of fused-ring (bicyclic) bond motifs is 1. The molecule has 4 nitrogen and oxygen atoms in total. The minimum Gasteiger partial charge on any atom is -0.350 e. The van der Waals surface area contributed by atoms with Crippen LogP contribution in [0.4, 0.5) is 4.79 Å². The monoisotopic (exact) mass is 352 g/mol. The first-order valence-electron chi connectivity index (χ1n) is 8.05. The van der Waals surface area contributed by atoms with Crippen LogP contribution in [0.2, 0.25) is 0 Å². The third-order valence-electron chi connectivity index (χ3n) is 4.03. The van der Waals surface area contributed by atoms with Gasteiger partial charge in [0.15, 0.2) is 0 Å². The first-order valence-corrected chi connectivity index (χ1v) is 8.87. The number of carbonyl (C=O) groups excluding carboxylic acids is 1. The SMILES string of the molecule is C[C@H](/C=C\c1ccc(Cc2ccc3ccccc3c2)s1)N(O)C(N)=O. The molecule has 2 aromatic carbocycles. The average Bonchev–Trinajstić information content (AvgIpc) is 3.06. The van der Waals surface area contributed by atoms with Crippen LogP contribution in [0.3, 0.4) is 0 Å². The molecule has 0 aliphatic heterocycles. The van der Waals surface area contributed by atoms with E-state index in [1.165, 1.54) is 21.2 Å². The highest BCUT2D eigenvalue weighted by Crippen LogP contribution is 2.23. The van der Waals surface area contributed by atoms with E-state index >= 15 is 0 Å². The van der Waals surface area contributed by atoms with Crippen LogP contribution in [0.25, 0.3) is 16.8 Å².